The molecule has 0 aromatic carbocycles. The number of carbonyl (C=O) groups excluding carboxylic acids is 3. The van der Waals surface area contributed by atoms with Crippen molar-refractivity contribution in [1.29, 1.82) is 0 Å². The molecule has 0 heterocycles. The quantitative estimate of drug-likeness (QED) is 0.0113. The number of hydrogen-bond donors (Lipinski definition) is 4. The maximum atomic E-state index is 12.6. The first-order chi connectivity index (χ1) is 28.8. The van der Waals surface area contributed by atoms with Gasteiger partial charge in [-0.3, -0.25) is 28.0 Å². The number of ether oxygens (including phenoxy) is 2. The molecule has 16 heteroatoms. The number of carbonyl (C=O) groups is 3. The zero-order chi connectivity index (χ0) is 44.6. The predicted molar refractivity (Wildman–Crippen MR) is 235 cm³/mol. The van der Waals surface area contributed by atoms with Gasteiger partial charge in [0, 0.05) is 19.3 Å². The van der Waals surface area contributed by atoms with Gasteiger partial charge in [-0.1, -0.05) is 125 Å². The number of aliphatic hydroxyl groups is 1. The van der Waals surface area contributed by atoms with Crippen LogP contribution >= 0.6 is 15.6 Å². The summed E-state index contributed by atoms with van der Waals surface area (Å²) in [5.74, 6) is -1.02. The SMILES string of the molecule is CC/C=C\C/C=C\C/C=C\CCCCCCCC(=O)OC[C@H](COP(=O)(O)OC[C@@H](O)COP(=O)(O)O)OC(=O)CCC/C=C\C/C=C\C/C=C\C=C\C(=O)CCCCC. The molecule has 0 fully saturated rings. The second kappa shape index (κ2) is 38.9. The van der Waals surface area contributed by atoms with Crippen LogP contribution in [0.3, 0.4) is 0 Å². The van der Waals surface area contributed by atoms with Crippen molar-refractivity contribution < 1.29 is 66.3 Å². The summed E-state index contributed by atoms with van der Waals surface area (Å²) >= 11 is 0. The summed E-state index contributed by atoms with van der Waals surface area (Å²) in [6, 6.07) is 0. The molecule has 60 heavy (non-hydrogen) atoms. The highest BCUT2D eigenvalue weighted by Gasteiger charge is 2.28. The Kier molecular flexibility index (Phi) is 36.9. The molecule has 0 amide bonds. The molecule has 3 atom stereocenters. The minimum atomic E-state index is -4.88. The Bertz CT molecular complexity index is 1440. The van der Waals surface area contributed by atoms with Crippen LogP contribution in [0.25, 0.3) is 0 Å². The molecule has 0 aliphatic carbocycles. The van der Waals surface area contributed by atoms with Crippen LogP contribution in [-0.2, 0) is 46.6 Å². The van der Waals surface area contributed by atoms with Gasteiger partial charge < -0.3 is 29.3 Å². The summed E-state index contributed by atoms with van der Waals surface area (Å²) in [7, 11) is -9.73. The van der Waals surface area contributed by atoms with E-state index in [4.69, 9.17) is 23.8 Å². The minimum Gasteiger partial charge on any atom is -0.462 e. The van der Waals surface area contributed by atoms with E-state index >= 15 is 0 Å². The van der Waals surface area contributed by atoms with E-state index in [1.165, 1.54) is 0 Å². The van der Waals surface area contributed by atoms with Gasteiger partial charge in [0.15, 0.2) is 11.9 Å². The third-order valence-corrected chi connectivity index (χ3v) is 9.67. The van der Waals surface area contributed by atoms with Crippen molar-refractivity contribution in [2.45, 2.75) is 148 Å². The molecule has 0 aromatic heterocycles. The maximum Gasteiger partial charge on any atom is 0.472 e. The number of allylic oxidation sites excluding steroid dienone is 14. The number of unbranched alkanes of at least 4 members (excludes halogenated alkanes) is 8. The van der Waals surface area contributed by atoms with E-state index in [0.29, 0.717) is 32.1 Å². The molecule has 0 radical (unpaired) electrons. The van der Waals surface area contributed by atoms with Gasteiger partial charge in [0.05, 0.1) is 19.8 Å². The smallest absolute Gasteiger partial charge is 0.462 e. The highest BCUT2D eigenvalue weighted by atomic mass is 31.2. The first-order valence-electron chi connectivity index (χ1n) is 21.2. The van der Waals surface area contributed by atoms with Crippen molar-refractivity contribution in [3.05, 3.63) is 85.1 Å². The van der Waals surface area contributed by atoms with E-state index in [0.717, 1.165) is 77.0 Å². The lowest BCUT2D eigenvalue weighted by molar-refractivity contribution is -0.161. The average Bonchev–Trinajstić information content (AvgIpc) is 3.20. The van der Waals surface area contributed by atoms with E-state index in [1.54, 1.807) is 12.2 Å². The standard InChI is InChI=1S/C44H72O14P2/c1-3-5-7-8-9-10-11-12-13-14-17-20-23-26-30-34-43(47)54-38-42(39-57-60(52,53)56-37-41(46)36-55-59(49,50)51)58-44(48)35-31-27-24-21-18-15-16-19-22-25-29-33-40(45)32-28-6-4-2/h5,7,9-10,12-13,15-16,21-22,24-25,29,33,41-42,46H,3-4,6,8,11,14,17-20,23,26-28,30-32,34-39H2,1-2H3,(H,52,53)(H2,49,50,51)/b7-5-,10-9-,13-12-,16-15-,24-21-,25-22-,33-29+/t41-,42+/m0/s1. The highest BCUT2D eigenvalue weighted by molar-refractivity contribution is 7.47. The molecule has 0 aliphatic rings. The number of esters is 2. The summed E-state index contributed by atoms with van der Waals surface area (Å²) in [6.07, 6.45) is 40.0. The third kappa shape index (κ3) is 41.7. The van der Waals surface area contributed by atoms with Gasteiger partial charge in [-0.25, -0.2) is 9.13 Å². The zero-order valence-electron chi connectivity index (χ0n) is 35.8. The molecule has 0 rings (SSSR count). The van der Waals surface area contributed by atoms with Gasteiger partial charge in [0.1, 0.15) is 12.7 Å². The molecule has 0 bridgehead atoms. The fraction of sp³-hybridized carbons (Fsp3) is 0.614. The summed E-state index contributed by atoms with van der Waals surface area (Å²) in [5, 5.41) is 9.74. The summed E-state index contributed by atoms with van der Waals surface area (Å²) < 4.78 is 47.6. The molecule has 342 valence electrons. The lowest BCUT2D eigenvalue weighted by Gasteiger charge is -2.20. The fourth-order valence-corrected chi connectivity index (χ4v) is 6.17. The Hall–Kier alpha value is -3.03. The third-order valence-electron chi connectivity index (χ3n) is 8.23. The molecule has 4 N–H and O–H groups in total. The molecule has 0 saturated carbocycles. The van der Waals surface area contributed by atoms with E-state index in [1.807, 2.05) is 36.5 Å². The highest BCUT2D eigenvalue weighted by Crippen LogP contribution is 2.43. The number of ketones is 1. The Morgan fingerprint density at radius 2 is 1.08 bits per heavy atom. The summed E-state index contributed by atoms with van der Waals surface area (Å²) in [5.41, 5.74) is 0. The minimum absolute atomic E-state index is 0.0207. The Morgan fingerprint density at radius 3 is 1.73 bits per heavy atom. The Labute approximate surface area is 358 Å². The van der Waals surface area contributed by atoms with Gasteiger partial charge in [-0.15, -0.1) is 0 Å². The van der Waals surface area contributed by atoms with Crippen molar-refractivity contribution >= 4 is 33.4 Å². The van der Waals surface area contributed by atoms with Crippen LogP contribution in [0.1, 0.15) is 136 Å². The molecule has 14 nitrogen and oxygen atoms in total. The van der Waals surface area contributed by atoms with Crippen molar-refractivity contribution in [3.8, 4) is 0 Å². The zero-order valence-corrected chi connectivity index (χ0v) is 37.6. The lowest BCUT2D eigenvalue weighted by Crippen LogP contribution is -2.29. The van der Waals surface area contributed by atoms with Crippen molar-refractivity contribution in [3.63, 3.8) is 0 Å². The molecule has 1 unspecified atom stereocenters. The Balaban J connectivity index is 4.71. The van der Waals surface area contributed by atoms with Crippen molar-refractivity contribution in [2.24, 2.45) is 0 Å². The normalized spacial score (nSPS) is 14.8. The first kappa shape index (κ1) is 57.0. The number of rotatable bonds is 39. The predicted octanol–water partition coefficient (Wildman–Crippen LogP) is 9.96. The number of aliphatic hydroxyl groups excluding tert-OH is 1. The molecular formula is C44H72O14P2. The fourth-order valence-electron chi connectivity index (χ4n) is 5.01. The van der Waals surface area contributed by atoms with E-state index in [9.17, 15) is 33.5 Å². The van der Waals surface area contributed by atoms with Crippen LogP contribution in [0, 0.1) is 0 Å². The maximum absolute atomic E-state index is 12.6. The number of hydrogen-bond acceptors (Lipinski definition) is 11. The van der Waals surface area contributed by atoms with Gasteiger partial charge in [-0.05, 0) is 76.7 Å². The van der Waals surface area contributed by atoms with E-state index in [-0.39, 0.29) is 18.6 Å². The Morgan fingerprint density at radius 1 is 0.550 bits per heavy atom. The largest absolute Gasteiger partial charge is 0.472 e. The number of phosphoric acid groups is 2. The monoisotopic (exact) mass is 886 g/mol. The molecule has 0 aliphatic heterocycles. The van der Waals surface area contributed by atoms with Gasteiger partial charge in [0.2, 0.25) is 0 Å². The van der Waals surface area contributed by atoms with Crippen LogP contribution in [0.4, 0.5) is 0 Å². The van der Waals surface area contributed by atoms with E-state index < -0.39 is 66.2 Å². The molecule has 0 spiro atoms. The van der Waals surface area contributed by atoms with Gasteiger partial charge >= 0.3 is 27.6 Å². The molecular weight excluding hydrogens is 814 g/mol. The lowest BCUT2D eigenvalue weighted by atomic mass is 10.1. The van der Waals surface area contributed by atoms with Gasteiger partial charge in [0.25, 0.3) is 0 Å². The van der Waals surface area contributed by atoms with Crippen LogP contribution in [0.5, 0.6) is 0 Å². The topological polar surface area (TPSA) is 212 Å². The second-order valence-electron chi connectivity index (χ2n) is 13.9. The summed E-state index contributed by atoms with van der Waals surface area (Å²) in [6.45, 7) is 1.36. The van der Waals surface area contributed by atoms with Crippen molar-refractivity contribution in [1.82, 2.24) is 0 Å². The average molecular weight is 887 g/mol. The van der Waals surface area contributed by atoms with E-state index in [2.05, 4.69) is 59.4 Å². The van der Waals surface area contributed by atoms with Crippen LogP contribution in [0.15, 0.2) is 85.1 Å². The van der Waals surface area contributed by atoms with Crippen LogP contribution < -0.4 is 0 Å². The number of phosphoric ester groups is 2. The molecule has 0 aromatic rings. The summed E-state index contributed by atoms with van der Waals surface area (Å²) in [4.78, 5) is 64.3. The second-order valence-corrected chi connectivity index (χ2v) is 16.6. The van der Waals surface area contributed by atoms with Gasteiger partial charge in [-0.2, -0.15) is 0 Å². The van der Waals surface area contributed by atoms with Crippen LogP contribution in [-0.4, -0.2) is 76.1 Å². The molecule has 0 saturated heterocycles. The van der Waals surface area contributed by atoms with Crippen molar-refractivity contribution in [2.75, 3.05) is 26.4 Å². The van der Waals surface area contributed by atoms with Crippen LogP contribution in [0.2, 0.25) is 0 Å². The first-order valence-corrected chi connectivity index (χ1v) is 24.3.